The minimum atomic E-state index is -0.213. The molecular weight excluding hydrogens is 198 g/mol. The Morgan fingerprint density at radius 2 is 2.29 bits per heavy atom. The zero-order chi connectivity index (χ0) is 10.6. The number of halogens is 1. The molecule has 3 heteroatoms. The SMILES string of the molecule is [C-]#[N+]C(C)c1cc(Cl)ccc1OCC. The zero-order valence-corrected chi connectivity index (χ0v) is 9.01. The second-order valence-electron chi connectivity index (χ2n) is 2.92. The number of rotatable bonds is 3. The predicted octanol–water partition coefficient (Wildman–Crippen LogP) is 3.72. The first-order valence-electron chi connectivity index (χ1n) is 4.47. The Hall–Kier alpha value is -1.20. The van der Waals surface area contributed by atoms with Crippen molar-refractivity contribution in [3.05, 3.63) is 40.2 Å². The third kappa shape index (κ3) is 2.40. The summed E-state index contributed by atoms with van der Waals surface area (Å²) in [5, 5.41) is 0.638. The first-order valence-corrected chi connectivity index (χ1v) is 4.85. The van der Waals surface area contributed by atoms with Crippen molar-refractivity contribution in [2.45, 2.75) is 19.9 Å². The van der Waals surface area contributed by atoms with Gasteiger partial charge in [0.1, 0.15) is 5.75 Å². The fraction of sp³-hybridized carbons (Fsp3) is 0.364. The van der Waals surface area contributed by atoms with Crippen LogP contribution in [-0.4, -0.2) is 6.61 Å². The topological polar surface area (TPSA) is 13.6 Å². The maximum absolute atomic E-state index is 6.97. The first kappa shape index (κ1) is 10.9. The molecule has 74 valence electrons. The van der Waals surface area contributed by atoms with Crippen LogP contribution in [0.5, 0.6) is 5.75 Å². The average Bonchev–Trinajstić information content (AvgIpc) is 2.20. The molecule has 0 aliphatic rings. The Kier molecular flexibility index (Phi) is 3.79. The molecule has 0 saturated heterocycles. The van der Waals surface area contributed by atoms with Crippen molar-refractivity contribution in [3.63, 3.8) is 0 Å². The molecule has 0 aromatic heterocycles. The average molecular weight is 210 g/mol. The molecular formula is C11H12ClNO. The van der Waals surface area contributed by atoms with E-state index in [9.17, 15) is 0 Å². The molecule has 1 aromatic carbocycles. The molecule has 0 aliphatic carbocycles. The van der Waals surface area contributed by atoms with Gasteiger partial charge in [-0.1, -0.05) is 11.6 Å². The molecule has 2 nitrogen and oxygen atoms in total. The highest BCUT2D eigenvalue weighted by Crippen LogP contribution is 2.30. The van der Waals surface area contributed by atoms with Gasteiger partial charge in [-0.05, 0) is 25.1 Å². The van der Waals surface area contributed by atoms with Crippen molar-refractivity contribution in [2.75, 3.05) is 6.61 Å². The second kappa shape index (κ2) is 4.88. The van der Waals surface area contributed by atoms with E-state index < -0.39 is 0 Å². The van der Waals surface area contributed by atoms with Gasteiger partial charge in [0.05, 0.1) is 12.2 Å². The summed E-state index contributed by atoms with van der Waals surface area (Å²) in [6.07, 6.45) is 0. The van der Waals surface area contributed by atoms with E-state index in [0.717, 1.165) is 11.3 Å². The molecule has 0 spiro atoms. The molecule has 0 saturated carbocycles. The normalized spacial score (nSPS) is 11.9. The van der Waals surface area contributed by atoms with Crippen molar-refractivity contribution < 1.29 is 4.74 Å². The van der Waals surface area contributed by atoms with Crippen LogP contribution in [0.4, 0.5) is 0 Å². The zero-order valence-electron chi connectivity index (χ0n) is 8.25. The second-order valence-corrected chi connectivity index (χ2v) is 3.36. The van der Waals surface area contributed by atoms with Crippen molar-refractivity contribution in [1.82, 2.24) is 0 Å². The molecule has 1 atom stereocenters. The molecule has 0 fully saturated rings. The highest BCUT2D eigenvalue weighted by atomic mass is 35.5. The molecule has 0 aliphatic heterocycles. The quantitative estimate of drug-likeness (QED) is 0.692. The monoisotopic (exact) mass is 209 g/mol. The first-order chi connectivity index (χ1) is 6.69. The fourth-order valence-corrected chi connectivity index (χ4v) is 1.38. The summed E-state index contributed by atoms with van der Waals surface area (Å²) in [6.45, 7) is 11.3. The predicted molar refractivity (Wildman–Crippen MR) is 57.6 cm³/mol. The van der Waals surface area contributed by atoms with E-state index in [-0.39, 0.29) is 6.04 Å². The van der Waals surface area contributed by atoms with Crippen LogP contribution in [0.2, 0.25) is 5.02 Å². The fourth-order valence-electron chi connectivity index (χ4n) is 1.20. The lowest BCUT2D eigenvalue weighted by molar-refractivity contribution is 0.336. The number of benzene rings is 1. The van der Waals surface area contributed by atoms with Crippen molar-refractivity contribution in [3.8, 4) is 5.75 Å². The van der Waals surface area contributed by atoms with Crippen LogP contribution in [0.25, 0.3) is 4.85 Å². The van der Waals surface area contributed by atoms with E-state index in [4.69, 9.17) is 22.9 Å². The lowest BCUT2D eigenvalue weighted by Gasteiger charge is -2.09. The van der Waals surface area contributed by atoms with E-state index in [0.29, 0.717) is 11.6 Å². The molecule has 0 radical (unpaired) electrons. The molecule has 14 heavy (non-hydrogen) atoms. The largest absolute Gasteiger partial charge is 0.493 e. The Bertz CT molecular complexity index is 357. The highest BCUT2D eigenvalue weighted by molar-refractivity contribution is 6.30. The van der Waals surface area contributed by atoms with Gasteiger partial charge in [0.2, 0.25) is 6.04 Å². The molecule has 0 N–H and O–H groups in total. The molecule has 0 amide bonds. The molecule has 1 rings (SSSR count). The van der Waals surface area contributed by atoms with Crippen molar-refractivity contribution in [1.29, 1.82) is 0 Å². The summed E-state index contributed by atoms with van der Waals surface area (Å²) in [5.41, 5.74) is 0.856. The van der Waals surface area contributed by atoms with E-state index in [2.05, 4.69) is 4.85 Å². The summed E-state index contributed by atoms with van der Waals surface area (Å²) in [6, 6.07) is 5.15. The van der Waals surface area contributed by atoms with Crippen LogP contribution < -0.4 is 4.74 Å². The van der Waals surface area contributed by atoms with Crippen molar-refractivity contribution >= 4 is 11.6 Å². The van der Waals surface area contributed by atoms with Gasteiger partial charge < -0.3 is 9.58 Å². The number of nitrogens with zero attached hydrogens (tertiary/aromatic N) is 1. The highest BCUT2D eigenvalue weighted by Gasteiger charge is 2.15. The molecule has 0 heterocycles. The van der Waals surface area contributed by atoms with Gasteiger partial charge in [-0.25, -0.2) is 6.57 Å². The van der Waals surface area contributed by atoms with Gasteiger partial charge in [0, 0.05) is 11.9 Å². The minimum absolute atomic E-state index is 0.213. The Morgan fingerprint density at radius 1 is 1.57 bits per heavy atom. The lowest BCUT2D eigenvalue weighted by Crippen LogP contribution is -1.97. The standard InChI is InChI=1S/C11H12ClNO/c1-4-14-11-6-5-9(12)7-10(11)8(2)13-3/h5-8H,4H2,1-2H3. The summed E-state index contributed by atoms with van der Waals surface area (Å²) in [4.78, 5) is 3.45. The third-order valence-electron chi connectivity index (χ3n) is 1.92. The van der Waals surface area contributed by atoms with Crippen molar-refractivity contribution in [2.24, 2.45) is 0 Å². The summed E-state index contributed by atoms with van der Waals surface area (Å²) >= 11 is 5.86. The van der Waals surface area contributed by atoms with Crippen LogP contribution in [0.3, 0.4) is 0 Å². The van der Waals surface area contributed by atoms with Gasteiger partial charge in [0.15, 0.2) is 0 Å². The van der Waals surface area contributed by atoms with Gasteiger partial charge in [-0.2, -0.15) is 0 Å². The van der Waals surface area contributed by atoms with Crippen LogP contribution in [0, 0.1) is 6.57 Å². The van der Waals surface area contributed by atoms with E-state index >= 15 is 0 Å². The summed E-state index contributed by atoms with van der Waals surface area (Å²) in [7, 11) is 0. The Morgan fingerprint density at radius 3 is 2.86 bits per heavy atom. The van der Waals surface area contributed by atoms with E-state index in [1.165, 1.54) is 0 Å². The third-order valence-corrected chi connectivity index (χ3v) is 2.15. The number of hydrogen-bond acceptors (Lipinski definition) is 1. The van der Waals surface area contributed by atoms with Crippen LogP contribution in [0.1, 0.15) is 25.5 Å². The number of ether oxygens (including phenoxy) is 1. The number of hydrogen-bond donors (Lipinski definition) is 0. The molecule has 1 unspecified atom stereocenters. The van der Waals surface area contributed by atoms with Gasteiger partial charge in [0.25, 0.3) is 0 Å². The molecule has 0 bridgehead atoms. The lowest BCUT2D eigenvalue weighted by atomic mass is 10.1. The Balaban J connectivity index is 3.10. The van der Waals surface area contributed by atoms with Gasteiger partial charge in [-0.15, -0.1) is 0 Å². The van der Waals surface area contributed by atoms with Crippen LogP contribution >= 0.6 is 11.6 Å². The summed E-state index contributed by atoms with van der Waals surface area (Å²) in [5.74, 6) is 0.750. The maximum Gasteiger partial charge on any atom is 0.249 e. The maximum atomic E-state index is 6.97. The van der Waals surface area contributed by atoms with Gasteiger partial charge in [-0.3, -0.25) is 0 Å². The van der Waals surface area contributed by atoms with E-state index in [1.807, 2.05) is 19.9 Å². The minimum Gasteiger partial charge on any atom is -0.493 e. The molecule has 1 aromatic rings. The Labute approximate surface area is 89.3 Å². The van der Waals surface area contributed by atoms with Crippen LogP contribution in [0.15, 0.2) is 18.2 Å². The van der Waals surface area contributed by atoms with E-state index in [1.54, 1.807) is 12.1 Å². The summed E-state index contributed by atoms with van der Waals surface area (Å²) < 4.78 is 5.41. The van der Waals surface area contributed by atoms with Gasteiger partial charge >= 0.3 is 0 Å². The smallest absolute Gasteiger partial charge is 0.249 e. The van der Waals surface area contributed by atoms with Crippen LogP contribution in [-0.2, 0) is 0 Å².